The van der Waals surface area contributed by atoms with E-state index < -0.39 is 0 Å². The standard InChI is InChI=1S/C20H21Cl2N3O2/c1-13(26)25-6-4-14(5-7-25)8-20(27)24-19-3-2-15(12-23-19)16-9-17(21)11-18(22)10-16/h2-3,9-12,14H,4-8H2,1H3,(H,23,24,27). The molecular weight excluding hydrogens is 385 g/mol. The Bertz CT molecular complexity index is 811. The summed E-state index contributed by atoms with van der Waals surface area (Å²) in [5.74, 6) is 0.858. The van der Waals surface area contributed by atoms with E-state index in [0.29, 0.717) is 28.2 Å². The number of amides is 2. The van der Waals surface area contributed by atoms with Crippen LogP contribution in [0.15, 0.2) is 36.5 Å². The van der Waals surface area contributed by atoms with Crippen molar-refractivity contribution in [2.75, 3.05) is 18.4 Å². The molecule has 0 unspecified atom stereocenters. The van der Waals surface area contributed by atoms with Crippen LogP contribution < -0.4 is 5.32 Å². The molecule has 0 saturated carbocycles. The number of carbonyl (C=O) groups is 2. The molecule has 1 aromatic heterocycles. The Balaban J connectivity index is 1.55. The molecule has 1 aliphatic rings. The third-order valence-electron chi connectivity index (χ3n) is 4.76. The number of aromatic nitrogens is 1. The number of hydrogen-bond donors (Lipinski definition) is 1. The largest absolute Gasteiger partial charge is 0.343 e. The van der Waals surface area contributed by atoms with Crippen molar-refractivity contribution >= 4 is 40.8 Å². The zero-order valence-electron chi connectivity index (χ0n) is 15.0. The highest BCUT2D eigenvalue weighted by molar-refractivity contribution is 6.35. The van der Waals surface area contributed by atoms with Crippen LogP contribution in [0.25, 0.3) is 11.1 Å². The van der Waals surface area contributed by atoms with Crippen LogP contribution in [-0.2, 0) is 9.59 Å². The van der Waals surface area contributed by atoms with Gasteiger partial charge in [-0.2, -0.15) is 0 Å². The first-order chi connectivity index (χ1) is 12.9. The van der Waals surface area contributed by atoms with Gasteiger partial charge in [0.2, 0.25) is 11.8 Å². The summed E-state index contributed by atoms with van der Waals surface area (Å²) in [6.07, 6.45) is 3.84. The minimum Gasteiger partial charge on any atom is -0.343 e. The van der Waals surface area contributed by atoms with Gasteiger partial charge in [0.25, 0.3) is 0 Å². The van der Waals surface area contributed by atoms with Gasteiger partial charge in [-0.15, -0.1) is 0 Å². The summed E-state index contributed by atoms with van der Waals surface area (Å²) in [4.78, 5) is 29.8. The molecule has 0 spiro atoms. The van der Waals surface area contributed by atoms with Crippen molar-refractivity contribution in [3.05, 3.63) is 46.6 Å². The minimum absolute atomic E-state index is 0.0534. The normalized spacial score (nSPS) is 14.9. The molecule has 0 aliphatic carbocycles. The highest BCUT2D eigenvalue weighted by atomic mass is 35.5. The topological polar surface area (TPSA) is 62.3 Å². The number of anilines is 1. The Hall–Kier alpha value is -2.11. The number of likely N-dealkylation sites (tertiary alicyclic amines) is 1. The molecule has 5 nitrogen and oxygen atoms in total. The van der Waals surface area contributed by atoms with Crippen molar-refractivity contribution in [3.63, 3.8) is 0 Å². The number of pyridine rings is 1. The van der Waals surface area contributed by atoms with Gasteiger partial charge in [-0.3, -0.25) is 9.59 Å². The lowest BCUT2D eigenvalue weighted by atomic mass is 9.93. The van der Waals surface area contributed by atoms with Crippen LogP contribution in [0, 0.1) is 5.92 Å². The Morgan fingerprint density at radius 2 is 1.78 bits per heavy atom. The fourth-order valence-corrected chi connectivity index (χ4v) is 3.79. The molecule has 27 heavy (non-hydrogen) atoms. The zero-order chi connectivity index (χ0) is 19.4. The van der Waals surface area contributed by atoms with Crippen LogP contribution in [-0.4, -0.2) is 34.8 Å². The molecule has 1 aromatic carbocycles. The predicted octanol–water partition coefficient (Wildman–Crippen LogP) is 4.64. The zero-order valence-corrected chi connectivity index (χ0v) is 16.6. The van der Waals surface area contributed by atoms with Crippen LogP contribution in [0.4, 0.5) is 5.82 Å². The summed E-state index contributed by atoms with van der Waals surface area (Å²) in [5.41, 5.74) is 1.74. The third-order valence-corrected chi connectivity index (χ3v) is 5.20. The average molecular weight is 406 g/mol. The molecule has 7 heteroatoms. The summed E-state index contributed by atoms with van der Waals surface area (Å²) in [6.45, 7) is 3.03. The molecule has 0 atom stereocenters. The molecule has 0 bridgehead atoms. The lowest BCUT2D eigenvalue weighted by Gasteiger charge is -2.30. The lowest BCUT2D eigenvalue weighted by molar-refractivity contribution is -0.130. The molecule has 2 heterocycles. The van der Waals surface area contributed by atoms with Gasteiger partial charge in [0.15, 0.2) is 0 Å². The Labute approximate surface area is 168 Å². The second kappa shape index (κ2) is 8.72. The van der Waals surface area contributed by atoms with Crippen molar-refractivity contribution in [3.8, 4) is 11.1 Å². The van der Waals surface area contributed by atoms with Gasteiger partial charge >= 0.3 is 0 Å². The van der Waals surface area contributed by atoms with E-state index in [9.17, 15) is 9.59 Å². The number of nitrogens with zero attached hydrogens (tertiary/aromatic N) is 2. The SMILES string of the molecule is CC(=O)N1CCC(CC(=O)Nc2ccc(-c3cc(Cl)cc(Cl)c3)cn2)CC1. The van der Waals surface area contributed by atoms with E-state index in [1.807, 2.05) is 23.1 Å². The van der Waals surface area contributed by atoms with Gasteiger partial charge < -0.3 is 10.2 Å². The fourth-order valence-electron chi connectivity index (χ4n) is 3.27. The van der Waals surface area contributed by atoms with E-state index in [0.717, 1.165) is 37.1 Å². The van der Waals surface area contributed by atoms with Crippen LogP contribution in [0.2, 0.25) is 10.0 Å². The molecule has 0 radical (unpaired) electrons. The van der Waals surface area contributed by atoms with Gasteiger partial charge in [0.1, 0.15) is 5.82 Å². The predicted molar refractivity (Wildman–Crippen MR) is 108 cm³/mol. The number of halogens is 2. The quantitative estimate of drug-likeness (QED) is 0.805. The smallest absolute Gasteiger partial charge is 0.225 e. The van der Waals surface area contributed by atoms with Gasteiger partial charge in [0, 0.05) is 48.2 Å². The fraction of sp³-hybridized carbons (Fsp3) is 0.350. The first kappa shape index (κ1) is 19.6. The summed E-state index contributed by atoms with van der Waals surface area (Å²) in [7, 11) is 0. The second-order valence-electron chi connectivity index (χ2n) is 6.79. The van der Waals surface area contributed by atoms with E-state index in [2.05, 4.69) is 10.3 Å². The minimum atomic E-state index is -0.0534. The van der Waals surface area contributed by atoms with Crippen molar-refractivity contribution in [2.24, 2.45) is 5.92 Å². The van der Waals surface area contributed by atoms with Crippen molar-refractivity contribution < 1.29 is 9.59 Å². The van der Waals surface area contributed by atoms with Crippen LogP contribution in [0.3, 0.4) is 0 Å². The highest BCUT2D eigenvalue weighted by Crippen LogP contribution is 2.27. The third kappa shape index (κ3) is 5.44. The monoisotopic (exact) mass is 405 g/mol. The number of hydrogen-bond acceptors (Lipinski definition) is 3. The van der Waals surface area contributed by atoms with E-state index >= 15 is 0 Å². The number of rotatable bonds is 4. The van der Waals surface area contributed by atoms with Crippen LogP contribution in [0.1, 0.15) is 26.2 Å². The van der Waals surface area contributed by atoms with Gasteiger partial charge in [-0.25, -0.2) is 4.98 Å². The van der Waals surface area contributed by atoms with Crippen molar-refractivity contribution in [2.45, 2.75) is 26.2 Å². The first-order valence-corrected chi connectivity index (χ1v) is 9.64. The van der Waals surface area contributed by atoms with Gasteiger partial charge in [-0.1, -0.05) is 23.2 Å². The van der Waals surface area contributed by atoms with Gasteiger partial charge in [0.05, 0.1) is 0 Å². The molecule has 142 valence electrons. The maximum atomic E-state index is 12.3. The molecule has 1 saturated heterocycles. The summed E-state index contributed by atoms with van der Waals surface area (Å²) < 4.78 is 0. The Kier molecular flexibility index (Phi) is 6.34. The van der Waals surface area contributed by atoms with Crippen LogP contribution >= 0.6 is 23.2 Å². The Morgan fingerprint density at radius 1 is 1.11 bits per heavy atom. The maximum absolute atomic E-state index is 12.3. The first-order valence-electron chi connectivity index (χ1n) is 8.88. The molecular formula is C20H21Cl2N3O2. The molecule has 2 amide bonds. The van der Waals surface area contributed by atoms with Crippen molar-refractivity contribution in [1.82, 2.24) is 9.88 Å². The van der Waals surface area contributed by atoms with E-state index in [1.54, 1.807) is 25.3 Å². The second-order valence-corrected chi connectivity index (χ2v) is 7.66. The Morgan fingerprint density at radius 3 is 2.33 bits per heavy atom. The number of carbonyl (C=O) groups excluding carboxylic acids is 2. The summed E-state index contributed by atoms with van der Waals surface area (Å²) in [6, 6.07) is 8.94. The number of piperidine rings is 1. The summed E-state index contributed by atoms with van der Waals surface area (Å²) >= 11 is 12.1. The van der Waals surface area contributed by atoms with E-state index in [1.165, 1.54) is 0 Å². The number of benzene rings is 1. The highest BCUT2D eigenvalue weighted by Gasteiger charge is 2.22. The molecule has 1 aliphatic heterocycles. The summed E-state index contributed by atoms with van der Waals surface area (Å²) in [5, 5.41) is 3.96. The molecule has 3 rings (SSSR count). The van der Waals surface area contributed by atoms with Gasteiger partial charge in [-0.05, 0) is 54.7 Å². The maximum Gasteiger partial charge on any atom is 0.225 e. The van der Waals surface area contributed by atoms with Crippen LogP contribution in [0.5, 0.6) is 0 Å². The van der Waals surface area contributed by atoms with E-state index in [-0.39, 0.29) is 11.8 Å². The number of nitrogens with one attached hydrogen (secondary N) is 1. The van der Waals surface area contributed by atoms with Crippen molar-refractivity contribution in [1.29, 1.82) is 0 Å². The molecule has 1 N–H and O–H groups in total. The average Bonchev–Trinajstić information content (AvgIpc) is 2.62. The molecule has 1 fully saturated rings. The lowest BCUT2D eigenvalue weighted by Crippen LogP contribution is -2.37. The van der Waals surface area contributed by atoms with E-state index in [4.69, 9.17) is 23.2 Å². The molecule has 2 aromatic rings.